The van der Waals surface area contributed by atoms with Gasteiger partial charge in [0.25, 0.3) is 0 Å². The van der Waals surface area contributed by atoms with E-state index in [1.54, 1.807) is 12.5 Å². The highest BCUT2D eigenvalue weighted by atomic mass is 16.5. The third-order valence-corrected chi connectivity index (χ3v) is 4.67. The zero-order chi connectivity index (χ0) is 18.8. The Kier molecular flexibility index (Phi) is 4.10. The summed E-state index contributed by atoms with van der Waals surface area (Å²) in [5.74, 6) is 1.37. The van der Waals surface area contributed by atoms with Crippen molar-refractivity contribution in [3.63, 3.8) is 0 Å². The van der Waals surface area contributed by atoms with Gasteiger partial charge in [0.1, 0.15) is 12.5 Å². The molecule has 138 valence electrons. The van der Waals surface area contributed by atoms with Crippen LogP contribution >= 0.6 is 0 Å². The average Bonchev–Trinajstić information content (AvgIpc) is 3.46. The van der Waals surface area contributed by atoms with Gasteiger partial charge in [-0.05, 0) is 6.08 Å². The van der Waals surface area contributed by atoms with Crippen LogP contribution in [-0.2, 0) is 9.47 Å². The Hall–Kier alpha value is -3.86. The number of ether oxygens (including phenoxy) is 2. The summed E-state index contributed by atoms with van der Waals surface area (Å²) in [4.78, 5) is 0. The van der Waals surface area contributed by atoms with E-state index in [-0.39, 0.29) is 0 Å². The number of benzene rings is 2. The normalized spacial score (nSPS) is 23.0. The van der Waals surface area contributed by atoms with Gasteiger partial charge in [0.15, 0.2) is 0 Å². The molecule has 0 bridgehead atoms. The van der Waals surface area contributed by atoms with Gasteiger partial charge in [-0.25, -0.2) is 0 Å². The summed E-state index contributed by atoms with van der Waals surface area (Å²) in [6, 6.07) is 20.2. The van der Waals surface area contributed by atoms with E-state index in [0.717, 1.165) is 40.3 Å². The van der Waals surface area contributed by atoms with Gasteiger partial charge in [-0.3, -0.25) is 0 Å². The standard InChI is InChI=1S/C23H19N3O2/c1-3-8-16(9-4-1)20-14-27-22(25-20)18-12-7-13-19(24-18)23-26-21(15-28-23)17-10-5-2-6-11-17/h1-12,14-15,24-26H,13H2. The second kappa shape index (κ2) is 7.04. The number of allylic oxidation sites excluding steroid dienone is 2. The molecule has 0 aromatic heterocycles. The van der Waals surface area contributed by atoms with Crippen LogP contribution in [0.15, 0.2) is 109 Å². The van der Waals surface area contributed by atoms with Crippen molar-refractivity contribution in [1.82, 2.24) is 16.0 Å². The molecule has 0 unspecified atom stereocenters. The van der Waals surface area contributed by atoms with Gasteiger partial charge < -0.3 is 25.4 Å². The van der Waals surface area contributed by atoms with Gasteiger partial charge in [0, 0.05) is 17.5 Å². The third kappa shape index (κ3) is 3.14. The van der Waals surface area contributed by atoms with Crippen molar-refractivity contribution in [1.29, 1.82) is 0 Å². The van der Waals surface area contributed by atoms with Crippen LogP contribution < -0.4 is 16.0 Å². The topological polar surface area (TPSA) is 54.5 Å². The Morgan fingerprint density at radius 2 is 1.21 bits per heavy atom. The largest absolute Gasteiger partial charge is 0.445 e. The van der Waals surface area contributed by atoms with E-state index in [9.17, 15) is 0 Å². The number of rotatable bonds is 2. The maximum Gasteiger partial charge on any atom is 0.220 e. The first-order valence-electron chi connectivity index (χ1n) is 9.16. The van der Waals surface area contributed by atoms with Crippen molar-refractivity contribution in [2.45, 2.75) is 6.42 Å². The molecule has 0 atom stereocenters. The minimum atomic E-state index is 0.669. The minimum Gasteiger partial charge on any atom is -0.445 e. The second-order valence-corrected chi connectivity index (χ2v) is 6.56. The lowest BCUT2D eigenvalue weighted by atomic mass is 10.1. The minimum absolute atomic E-state index is 0.669. The molecule has 0 saturated carbocycles. The fourth-order valence-electron chi connectivity index (χ4n) is 3.22. The first-order chi connectivity index (χ1) is 13.9. The molecular formula is C23H19N3O2. The summed E-state index contributed by atoms with van der Waals surface area (Å²) in [5.41, 5.74) is 5.84. The fraction of sp³-hybridized carbons (Fsp3) is 0.0435. The molecule has 0 spiro atoms. The zero-order valence-electron chi connectivity index (χ0n) is 15.1. The van der Waals surface area contributed by atoms with Crippen LogP contribution in [0.2, 0.25) is 0 Å². The van der Waals surface area contributed by atoms with Crippen molar-refractivity contribution in [2.24, 2.45) is 0 Å². The molecule has 5 nitrogen and oxygen atoms in total. The van der Waals surface area contributed by atoms with Gasteiger partial charge in [-0.15, -0.1) is 0 Å². The molecule has 0 amide bonds. The highest BCUT2D eigenvalue weighted by Crippen LogP contribution is 2.26. The average molecular weight is 369 g/mol. The molecular weight excluding hydrogens is 350 g/mol. The molecule has 3 heterocycles. The molecule has 3 N–H and O–H groups in total. The van der Waals surface area contributed by atoms with E-state index in [2.05, 4.69) is 22.0 Å². The van der Waals surface area contributed by atoms with Crippen LogP contribution in [0, 0.1) is 0 Å². The summed E-state index contributed by atoms with van der Waals surface area (Å²) >= 11 is 0. The van der Waals surface area contributed by atoms with Crippen molar-refractivity contribution < 1.29 is 9.47 Å². The Balaban J connectivity index is 1.33. The van der Waals surface area contributed by atoms with Crippen LogP contribution in [0.3, 0.4) is 0 Å². The van der Waals surface area contributed by atoms with E-state index >= 15 is 0 Å². The van der Waals surface area contributed by atoms with Crippen LogP contribution in [0.25, 0.3) is 11.4 Å². The molecule has 2 aromatic carbocycles. The monoisotopic (exact) mass is 369 g/mol. The Morgan fingerprint density at radius 1 is 0.643 bits per heavy atom. The summed E-state index contributed by atoms with van der Waals surface area (Å²) in [7, 11) is 0. The lowest BCUT2D eigenvalue weighted by Crippen LogP contribution is -2.24. The summed E-state index contributed by atoms with van der Waals surface area (Å²) in [5, 5.41) is 10.1. The molecule has 2 aromatic rings. The van der Waals surface area contributed by atoms with Gasteiger partial charge in [0.05, 0.1) is 22.8 Å². The molecule has 0 aliphatic carbocycles. The quantitative estimate of drug-likeness (QED) is 0.744. The SMILES string of the molecule is C1=CC(=C2NC(c3ccccc3)=CO2)NC(=C2NC(c3ccccc3)=CO2)C1. The lowest BCUT2D eigenvalue weighted by molar-refractivity contribution is 0.339. The van der Waals surface area contributed by atoms with Crippen molar-refractivity contribution >= 4 is 11.4 Å². The maximum atomic E-state index is 5.77. The number of hydrogen-bond acceptors (Lipinski definition) is 5. The third-order valence-electron chi connectivity index (χ3n) is 4.67. The molecule has 5 rings (SSSR count). The molecule has 0 radical (unpaired) electrons. The maximum absolute atomic E-state index is 5.77. The van der Waals surface area contributed by atoms with Crippen molar-refractivity contribution in [3.05, 3.63) is 120 Å². The van der Waals surface area contributed by atoms with Crippen LogP contribution in [0.5, 0.6) is 0 Å². The summed E-state index contributed by atoms with van der Waals surface area (Å²) in [6.07, 6.45) is 8.30. The Morgan fingerprint density at radius 3 is 1.86 bits per heavy atom. The predicted octanol–water partition coefficient (Wildman–Crippen LogP) is 4.11. The number of hydrogen-bond donors (Lipinski definition) is 3. The summed E-state index contributed by atoms with van der Waals surface area (Å²) < 4.78 is 11.5. The zero-order valence-corrected chi connectivity index (χ0v) is 15.1. The molecule has 0 fully saturated rings. The molecule has 0 saturated heterocycles. The molecule has 3 aliphatic heterocycles. The van der Waals surface area contributed by atoms with E-state index < -0.39 is 0 Å². The highest BCUT2D eigenvalue weighted by molar-refractivity contribution is 5.67. The van der Waals surface area contributed by atoms with Gasteiger partial charge >= 0.3 is 0 Å². The smallest absolute Gasteiger partial charge is 0.220 e. The molecule has 5 heteroatoms. The lowest BCUT2D eigenvalue weighted by Gasteiger charge is -2.19. The van der Waals surface area contributed by atoms with Gasteiger partial charge in [-0.2, -0.15) is 0 Å². The second-order valence-electron chi connectivity index (χ2n) is 6.56. The van der Waals surface area contributed by atoms with Crippen LogP contribution in [0.4, 0.5) is 0 Å². The molecule has 28 heavy (non-hydrogen) atoms. The Bertz CT molecular complexity index is 1050. The van der Waals surface area contributed by atoms with E-state index in [4.69, 9.17) is 9.47 Å². The van der Waals surface area contributed by atoms with E-state index in [0.29, 0.717) is 11.8 Å². The van der Waals surface area contributed by atoms with Crippen molar-refractivity contribution in [2.75, 3.05) is 0 Å². The molecule has 3 aliphatic rings. The van der Waals surface area contributed by atoms with Gasteiger partial charge in [-0.1, -0.05) is 66.7 Å². The highest BCUT2D eigenvalue weighted by Gasteiger charge is 2.22. The van der Waals surface area contributed by atoms with E-state index in [1.807, 2.05) is 66.7 Å². The Labute approximate surface area is 163 Å². The summed E-state index contributed by atoms with van der Waals surface area (Å²) in [6.45, 7) is 0. The van der Waals surface area contributed by atoms with Crippen molar-refractivity contribution in [3.8, 4) is 0 Å². The fourth-order valence-corrected chi connectivity index (χ4v) is 3.22. The number of nitrogens with one attached hydrogen (secondary N) is 3. The first kappa shape index (κ1) is 16.3. The van der Waals surface area contributed by atoms with Gasteiger partial charge in [0.2, 0.25) is 11.8 Å². The first-order valence-corrected chi connectivity index (χ1v) is 9.16. The van der Waals surface area contributed by atoms with E-state index in [1.165, 1.54) is 0 Å². The van der Waals surface area contributed by atoms with Crippen LogP contribution in [0.1, 0.15) is 17.5 Å². The van der Waals surface area contributed by atoms with Crippen LogP contribution in [-0.4, -0.2) is 0 Å². The predicted molar refractivity (Wildman–Crippen MR) is 108 cm³/mol.